The van der Waals surface area contributed by atoms with E-state index in [4.69, 9.17) is 0 Å². The van der Waals surface area contributed by atoms with Crippen LogP contribution in [0.1, 0.15) is 24.8 Å². The molecular weight excluding hydrogens is 284 g/mol. The van der Waals surface area contributed by atoms with Gasteiger partial charge >= 0.3 is 0 Å². The van der Waals surface area contributed by atoms with Gasteiger partial charge in [-0.2, -0.15) is 0 Å². The SMILES string of the molecule is O=C(/C=C/c1ccccc1)Nc1ccccc1N1CCCCC1. The molecule has 0 aliphatic carbocycles. The van der Waals surface area contributed by atoms with E-state index in [9.17, 15) is 4.79 Å². The Morgan fingerprint density at radius 2 is 1.61 bits per heavy atom. The molecule has 0 aromatic heterocycles. The first-order chi connectivity index (χ1) is 11.3. The van der Waals surface area contributed by atoms with Crippen molar-refractivity contribution in [3.63, 3.8) is 0 Å². The molecule has 1 aliphatic rings. The first kappa shape index (κ1) is 15.3. The van der Waals surface area contributed by atoms with E-state index < -0.39 is 0 Å². The summed E-state index contributed by atoms with van der Waals surface area (Å²) in [7, 11) is 0. The smallest absolute Gasteiger partial charge is 0.248 e. The molecule has 0 saturated carbocycles. The lowest BCUT2D eigenvalue weighted by molar-refractivity contribution is -0.111. The van der Waals surface area contributed by atoms with Gasteiger partial charge in [0.15, 0.2) is 0 Å². The van der Waals surface area contributed by atoms with Crippen LogP contribution in [-0.2, 0) is 4.79 Å². The molecule has 1 saturated heterocycles. The Bertz CT molecular complexity index is 673. The lowest BCUT2D eigenvalue weighted by atomic mass is 10.1. The van der Waals surface area contributed by atoms with Crippen molar-refractivity contribution >= 4 is 23.4 Å². The Labute approximate surface area is 137 Å². The lowest BCUT2D eigenvalue weighted by Crippen LogP contribution is -2.30. The molecule has 23 heavy (non-hydrogen) atoms. The summed E-state index contributed by atoms with van der Waals surface area (Å²) < 4.78 is 0. The van der Waals surface area contributed by atoms with E-state index in [-0.39, 0.29) is 5.91 Å². The Balaban J connectivity index is 1.70. The first-order valence-electron chi connectivity index (χ1n) is 8.21. The third kappa shape index (κ3) is 4.22. The number of anilines is 2. The number of carbonyl (C=O) groups is 1. The molecule has 0 bridgehead atoms. The molecule has 2 aromatic carbocycles. The third-order valence-corrected chi connectivity index (χ3v) is 4.09. The minimum atomic E-state index is -0.0988. The summed E-state index contributed by atoms with van der Waals surface area (Å²) in [4.78, 5) is 14.6. The maximum atomic E-state index is 12.2. The zero-order chi connectivity index (χ0) is 15.9. The summed E-state index contributed by atoms with van der Waals surface area (Å²) in [5.41, 5.74) is 3.03. The van der Waals surface area contributed by atoms with Crippen LogP contribution in [-0.4, -0.2) is 19.0 Å². The highest BCUT2D eigenvalue weighted by Gasteiger charge is 2.14. The molecule has 3 rings (SSSR count). The fourth-order valence-corrected chi connectivity index (χ4v) is 2.90. The van der Waals surface area contributed by atoms with Crippen LogP contribution < -0.4 is 10.2 Å². The van der Waals surface area contributed by atoms with Crippen molar-refractivity contribution in [1.82, 2.24) is 0 Å². The van der Waals surface area contributed by atoms with E-state index in [2.05, 4.69) is 16.3 Å². The lowest BCUT2D eigenvalue weighted by Gasteiger charge is -2.30. The molecule has 0 atom stereocenters. The average molecular weight is 306 g/mol. The number of hydrogen-bond acceptors (Lipinski definition) is 2. The van der Waals surface area contributed by atoms with E-state index in [1.54, 1.807) is 6.08 Å². The fraction of sp³-hybridized carbons (Fsp3) is 0.250. The number of nitrogens with zero attached hydrogens (tertiary/aromatic N) is 1. The van der Waals surface area contributed by atoms with Gasteiger partial charge in [-0.25, -0.2) is 0 Å². The highest BCUT2D eigenvalue weighted by Crippen LogP contribution is 2.28. The highest BCUT2D eigenvalue weighted by molar-refractivity contribution is 6.03. The molecule has 1 heterocycles. The van der Waals surface area contributed by atoms with Gasteiger partial charge in [-0.05, 0) is 43.0 Å². The number of piperidine rings is 1. The number of benzene rings is 2. The molecule has 1 aliphatic heterocycles. The third-order valence-electron chi connectivity index (χ3n) is 4.09. The number of para-hydroxylation sites is 2. The van der Waals surface area contributed by atoms with Crippen molar-refractivity contribution in [2.45, 2.75) is 19.3 Å². The first-order valence-corrected chi connectivity index (χ1v) is 8.21. The molecule has 0 radical (unpaired) electrons. The summed E-state index contributed by atoms with van der Waals surface area (Å²) in [5, 5.41) is 3.01. The number of carbonyl (C=O) groups excluding carboxylic acids is 1. The second kappa shape index (κ2) is 7.63. The van der Waals surface area contributed by atoms with Crippen LogP contribution in [0.3, 0.4) is 0 Å². The zero-order valence-corrected chi connectivity index (χ0v) is 13.2. The molecule has 2 aromatic rings. The van der Waals surface area contributed by atoms with Crippen LogP contribution in [0.15, 0.2) is 60.7 Å². The molecule has 0 spiro atoms. The van der Waals surface area contributed by atoms with Crippen molar-refractivity contribution in [2.24, 2.45) is 0 Å². The minimum absolute atomic E-state index is 0.0988. The molecule has 3 heteroatoms. The summed E-state index contributed by atoms with van der Waals surface area (Å²) in [6.07, 6.45) is 7.15. The summed E-state index contributed by atoms with van der Waals surface area (Å²) in [5.74, 6) is -0.0988. The van der Waals surface area contributed by atoms with Crippen molar-refractivity contribution in [2.75, 3.05) is 23.3 Å². The second-order valence-electron chi connectivity index (χ2n) is 5.80. The Morgan fingerprint density at radius 1 is 0.913 bits per heavy atom. The molecule has 0 unspecified atom stereocenters. The van der Waals surface area contributed by atoms with Gasteiger partial charge in [0.1, 0.15) is 0 Å². The van der Waals surface area contributed by atoms with E-state index in [0.29, 0.717) is 0 Å². The van der Waals surface area contributed by atoms with Gasteiger partial charge in [0.25, 0.3) is 0 Å². The molecule has 3 nitrogen and oxygen atoms in total. The Hall–Kier alpha value is -2.55. The summed E-state index contributed by atoms with van der Waals surface area (Å²) >= 11 is 0. The van der Waals surface area contributed by atoms with Crippen molar-refractivity contribution < 1.29 is 4.79 Å². The van der Waals surface area contributed by atoms with Gasteiger partial charge in [-0.1, -0.05) is 42.5 Å². The average Bonchev–Trinajstić information content (AvgIpc) is 2.62. The quantitative estimate of drug-likeness (QED) is 0.853. The maximum absolute atomic E-state index is 12.2. The van der Waals surface area contributed by atoms with Gasteiger partial charge < -0.3 is 10.2 Å². The molecule has 1 amide bonds. The normalized spacial score (nSPS) is 14.9. The van der Waals surface area contributed by atoms with Crippen molar-refractivity contribution in [3.05, 3.63) is 66.2 Å². The highest BCUT2D eigenvalue weighted by atomic mass is 16.1. The van der Waals surface area contributed by atoms with E-state index in [1.165, 1.54) is 19.3 Å². The largest absolute Gasteiger partial charge is 0.370 e. The van der Waals surface area contributed by atoms with Gasteiger partial charge in [-0.15, -0.1) is 0 Å². The van der Waals surface area contributed by atoms with E-state index in [0.717, 1.165) is 30.0 Å². The summed E-state index contributed by atoms with van der Waals surface area (Å²) in [6, 6.07) is 17.9. The number of nitrogens with one attached hydrogen (secondary N) is 1. The van der Waals surface area contributed by atoms with Crippen LogP contribution >= 0.6 is 0 Å². The zero-order valence-electron chi connectivity index (χ0n) is 13.2. The standard InChI is InChI=1S/C20H22N2O/c23-20(14-13-17-9-3-1-4-10-17)21-18-11-5-6-12-19(18)22-15-7-2-8-16-22/h1,3-6,9-14H,2,7-8,15-16H2,(H,21,23)/b14-13+. The molecular formula is C20H22N2O. The topological polar surface area (TPSA) is 32.3 Å². The second-order valence-corrected chi connectivity index (χ2v) is 5.80. The number of rotatable bonds is 4. The van der Waals surface area contributed by atoms with Gasteiger partial charge in [0, 0.05) is 19.2 Å². The van der Waals surface area contributed by atoms with Crippen LogP contribution in [0.5, 0.6) is 0 Å². The maximum Gasteiger partial charge on any atom is 0.248 e. The number of amides is 1. The van der Waals surface area contributed by atoms with Crippen molar-refractivity contribution in [1.29, 1.82) is 0 Å². The van der Waals surface area contributed by atoms with Gasteiger partial charge in [0.2, 0.25) is 5.91 Å². The van der Waals surface area contributed by atoms with Crippen LogP contribution in [0, 0.1) is 0 Å². The summed E-state index contributed by atoms with van der Waals surface area (Å²) in [6.45, 7) is 2.12. The predicted octanol–water partition coefficient (Wildman–Crippen LogP) is 4.33. The predicted molar refractivity (Wildman–Crippen MR) is 96.6 cm³/mol. The van der Waals surface area contributed by atoms with Gasteiger partial charge in [-0.3, -0.25) is 4.79 Å². The Morgan fingerprint density at radius 3 is 2.39 bits per heavy atom. The minimum Gasteiger partial charge on any atom is -0.370 e. The van der Waals surface area contributed by atoms with E-state index >= 15 is 0 Å². The molecule has 118 valence electrons. The van der Waals surface area contributed by atoms with Crippen molar-refractivity contribution in [3.8, 4) is 0 Å². The fourth-order valence-electron chi connectivity index (χ4n) is 2.90. The van der Waals surface area contributed by atoms with Gasteiger partial charge in [0.05, 0.1) is 11.4 Å². The van der Waals surface area contributed by atoms with Crippen LogP contribution in [0.25, 0.3) is 6.08 Å². The molecule has 1 fully saturated rings. The van der Waals surface area contributed by atoms with Crippen LogP contribution in [0.4, 0.5) is 11.4 Å². The number of hydrogen-bond donors (Lipinski definition) is 1. The Kier molecular flexibility index (Phi) is 5.09. The molecule has 1 N–H and O–H groups in total. The monoisotopic (exact) mass is 306 g/mol. The van der Waals surface area contributed by atoms with Crippen LogP contribution in [0.2, 0.25) is 0 Å². The van der Waals surface area contributed by atoms with E-state index in [1.807, 2.05) is 54.6 Å².